The first-order chi connectivity index (χ1) is 4.20. The standard InChI is InChI=1S/C6H6NO2/c1-4-3-7-6(9)2-5(4)8/h2-3H,1H3,(H,7,9). The van der Waals surface area contributed by atoms with Crippen molar-refractivity contribution in [3.8, 4) is 0 Å². The quantitative estimate of drug-likeness (QED) is 0.485. The monoisotopic (exact) mass is 124 g/mol. The summed E-state index contributed by atoms with van der Waals surface area (Å²) in [7, 11) is 0. The zero-order chi connectivity index (χ0) is 6.85. The second-order valence-corrected chi connectivity index (χ2v) is 1.84. The summed E-state index contributed by atoms with van der Waals surface area (Å²) in [5.74, 6) is -0.552. The number of hydrogen-bond acceptors (Lipinski definition) is 2. The molecular formula is C6H6NO2. The van der Waals surface area contributed by atoms with Crippen molar-refractivity contribution in [2.75, 3.05) is 0 Å². The highest BCUT2D eigenvalue weighted by Crippen LogP contribution is 2.00. The minimum Gasteiger partial charge on any atom is -0.332 e. The van der Waals surface area contributed by atoms with E-state index < -0.39 is 0 Å². The first kappa shape index (κ1) is 6.01. The fourth-order valence-electron chi connectivity index (χ4n) is 0.525. The Morgan fingerprint density at radius 2 is 2.11 bits per heavy atom. The van der Waals surface area contributed by atoms with Gasteiger partial charge >= 0.3 is 0 Å². The number of amides is 1. The van der Waals surface area contributed by atoms with Gasteiger partial charge in [0, 0.05) is 11.8 Å². The van der Waals surface area contributed by atoms with Crippen LogP contribution in [0, 0.1) is 6.42 Å². The van der Waals surface area contributed by atoms with Crippen molar-refractivity contribution in [1.82, 2.24) is 5.32 Å². The first-order valence-corrected chi connectivity index (χ1v) is 2.56. The Kier molecular flexibility index (Phi) is 1.34. The van der Waals surface area contributed by atoms with Crippen LogP contribution < -0.4 is 5.32 Å². The Morgan fingerprint density at radius 3 is 2.56 bits per heavy atom. The van der Waals surface area contributed by atoms with Gasteiger partial charge < -0.3 is 5.32 Å². The van der Waals surface area contributed by atoms with Crippen LogP contribution in [0.5, 0.6) is 0 Å². The zero-order valence-corrected chi connectivity index (χ0v) is 4.97. The van der Waals surface area contributed by atoms with Crippen LogP contribution in [-0.2, 0) is 9.59 Å². The molecule has 1 amide bonds. The van der Waals surface area contributed by atoms with Gasteiger partial charge in [0.15, 0.2) is 5.78 Å². The summed E-state index contributed by atoms with van der Waals surface area (Å²) in [6, 6.07) is 0. The van der Waals surface area contributed by atoms with E-state index in [9.17, 15) is 9.59 Å². The molecule has 1 radical (unpaired) electrons. The molecular weight excluding hydrogens is 118 g/mol. The lowest BCUT2D eigenvalue weighted by molar-refractivity contribution is -0.121. The summed E-state index contributed by atoms with van der Waals surface area (Å²) >= 11 is 0. The normalized spacial score (nSPS) is 19.0. The summed E-state index contributed by atoms with van der Waals surface area (Å²) < 4.78 is 0. The highest BCUT2D eigenvalue weighted by Gasteiger charge is 2.15. The van der Waals surface area contributed by atoms with Gasteiger partial charge in [-0.05, 0) is 6.92 Å². The van der Waals surface area contributed by atoms with Gasteiger partial charge in [0.1, 0.15) is 6.42 Å². The van der Waals surface area contributed by atoms with E-state index >= 15 is 0 Å². The van der Waals surface area contributed by atoms with E-state index in [0.717, 1.165) is 6.42 Å². The maximum absolute atomic E-state index is 10.6. The van der Waals surface area contributed by atoms with E-state index in [0.29, 0.717) is 5.57 Å². The number of hydrogen-bond donors (Lipinski definition) is 1. The van der Waals surface area contributed by atoms with E-state index in [1.54, 1.807) is 6.92 Å². The minimum absolute atomic E-state index is 0.209. The van der Waals surface area contributed by atoms with Crippen LogP contribution in [0.4, 0.5) is 0 Å². The molecule has 0 saturated heterocycles. The van der Waals surface area contributed by atoms with E-state index in [1.165, 1.54) is 6.20 Å². The third kappa shape index (κ3) is 1.16. The molecule has 1 heterocycles. The fraction of sp³-hybridized carbons (Fsp3) is 0.167. The lowest BCUT2D eigenvalue weighted by atomic mass is 10.1. The fourth-order valence-corrected chi connectivity index (χ4v) is 0.525. The number of nitrogens with one attached hydrogen (secondary N) is 1. The first-order valence-electron chi connectivity index (χ1n) is 2.56. The van der Waals surface area contributed by atoms with Gasteiger partial charge in [0.25, 0.3) is 0 Å². The highest BCUT2D eigenvalue weighted by molar-refractivity contribution is 6.18. The second kappa shape index (κ2) is 2.01. The van der Waals surface area contributed by atoms with Crippen LogP contribution in [0.25, 0.3) is 0 Å². The third-order valence-corrected chi connectivity index (χ3v) is 1.08. The lowest BCUT2D eigenvalue weighted by Crippen LogP contribution is -2.27. The van der Waals surface area contributed by atoms with Gasteiger partial charge in [-0.15, -0.1) is 0 Å². The number of carbonyl (C=O) groups is 2. The number of Topliss-reactive ketones (excluding diaryl/α,β-unsaturated/α-hetero) is 1. The Morgan fingerprint density at radius 1 is 1.44 bits per heavy atom. The van der Waals surface area contributed by atoms with E-state index in [4.69, 9.17) is 0 Å². The number of ketones is 1. The summed E-state index contributed by atoms with van der Waals surface area (Å²) in [6.45, 7) is 1.65. The predicted octanol–water partition coefficient (Wildman–Crippen LogP) is -0.207. The average molecular weight is 124 g/mol. The Hall–Kier alpha value is -1.12. The number of carbonyl (C=O) groups excluding carboxylic acids is 2. The smallest absolute Gasteiger partial charge is 0.236 e. The van der Waals surface area contributed by atoms with Crippen molar-refractivity contribution in [2.24, 2.45) is 0 Å². The molecule has 1 rings (SSSR count). The maximum Gasteiger partial charge on any atom is 0.236 e. The number of allylic oxidation sites excluding steroid dienone is 1. The molecule has 0 aromatic heterocycles. The van der Waals surface area contributed by atoms with Gasteiger partial charge in [-0.3, -0.25) is 9.59 Å². The topological polar surface area (TPSA) is 46.2 Å². The lowest BCUT2D eigenvalue weighted by Gasteiger charge is -2.06. The molecule has 0 aliphatic carbocycles. The van der Waals surface area contributed by atoms with Gasteiger partial charge in [-0.2, -0.15) is 0 Å². The van der Waals surface area contributed by atoms with Crippen molar-refractivity contribution < 1.29 is 9.59 Å². The Balaban J connectivity index is 2.79. The molecule has 1 aliphatic rings. The molecule has 3 nitrogen and oxygen atoms in total. The van der Waals surface area contributed by atoms with E-state index in [2.05, 4.69) is 5.32 Å². The molecule has 47 valence electrons. The van der Waals surface area contributed by atoms with Crippen LogP contribution in [0.1, 0.15) is 6.92 Å². The van der Waals surface area contributed by atoms with Gasteiger partial charge in [0.2, 0.25) is 5.91 Å². The number of rotatable bonds is 0. The van der Waals surface area contributed by atoms with Crippen LogP contribution >= 0.6 is 0 Å². The van der Waals surface area contributed by atoms with Gasteiger partial charge in [0.05, 0.1) is 0 Å². The molecule has 0 saturated carbocycles. The molecule has 0 unspecified atom stereocenters. The van der Waals surface area contributed by atoms with Crippen LogP contribution in [0.15, 0.2) is 11.8 Å². The van der Waals surface area contributed by atoms with E-state index in [1.807, 2.05) is 0 Å². The van der Waals surface area contributed by atoms with Crippen molar-refractivity contribution in [1.29, 1.82) is 0 Å². The minimum atomic E-state index is -0.342. The van der Waals surface area contributed by atoms with Crippen LogP contribution in [-0.4, -0.2) is 11.7 Å². The average Bonchev–Trinajstić information content (AvgIpc) is 1.80. The summed E-state index contributed by atoms with van der Waals surface area (Å²) in [6.07, 6.45) is 2.44. The van der Waals surface area contributed by atoms with Gasteiger partial charge in [-0.25, -0.2) is 0 Å². The Bertz CT molecular complexity index is 193. The van der Waals surface area contributed by atoms with Crippen molar-refractivity contribution in [3.63, 3.8) is 0 Å². The predicted molar refractivity (Wildman–Crippen MR) is 31.2 cm³/mol. The molecule has 0 aromatic rings. The van der Waals surface area contributed by atoms with Crippen molar-refractivity contribution in [2.45, 2.75) is 6.92 Å². The Labute approximate surface area is 52.7 Å². The van der Waals surface area contributed by atoms with Crippen LogP contribution in [0.3, 0.4) is 0 Å². The molecule has 1 N–H and O–H groups in total. The SMILES string of the molecule is CC1=CNC(=O)[CH]C1=O. The molecule has 0 bridgehead atoms. The summed E-state index contributed by atoms with van der Waals surface area (Å²) in [4.78, 5) is 21.0. The zero-order valence-electron chi connectivity index (χ0n) is 4.97. The molecule has 0 atom stereocenters. The van der Waals surface area contributed by atoms with E-state index in [-0.39, 0.29) is 11.7 Å². The molecule has 0 aromatic carbocycles. The molecule has 9 heavy (non-hydrogen) atoms. The highest BCUT2D eigenvalue weighted by atomic mass is 16.2. The maximum atomic E-state index is 10.6. The van der Waals surface area contributed by atoms with Gasteiger partial charge in [-0.1, -0.05) is 0 Å². The second-order valence-electron chi connectivity index (χ2n) is 1.84. The van der Waals surface area contributed by atoms with Crippen LogP contribution in [0.2, 0.25) is 0 Å². The molecule has 0 spiro atoms. The van der Waals surface area contributed by atoms with Crippen molar-refractivity contribution in [3.05, 3.63) is 18.2 Å². The largest absolute Gasteiger partial charge is 0.332 e. The summed E-state index contributed by atoms with van der Waals surface area (Å²) in [5.41, 5.74) is 0.564. The molecule has 0 fully saturated rings. The third-order valence-electron chi connectivity index (χ3n) is 1.08. The van der Waals surface area contributed by atoms with Crippen molar-refractivity contribution >= 4 is 11.7 Å². The summed E-state index contributed by atoms with van der Waals surface area (Å²) in [5, 5.41) is 2.38. The molecule has 1 aliphatic heterocycles. The molecule has 3 heteroatoms.